The monoisotopic (exact) mass is 290 g/mol. The van der Waals surface area contributed by atoms with Crippen LogP contribution in [0.15, 0.2) is 77.5 Å². The first-order chi connectivity index (χ1) is 10.4. The molecule has 0 N–H and O–H groups in total. The molecule has 0 spiro atoms. The zero-order valence-electron chi connectivity index (χ0n) is 11.4. The van der Waals surface area contributed by atoms with Crippen molar-refractivity contribution in [1.29, 1.82) is 0 Å². The summed E-state index contributed by atoms with van der Waals surface area (Å²) in [4.78, 5) is 11.0. The number of carbonyl (C=O) groups excluding carboxylic acids is 1. The summed E-state index contributed by atoms with van der Waals surface area (Å²) in [6.07, 6.45) is 0.914. The molecule has 0 aliphatic rings. The summed E-state index contributed by atoms with van der Waals surface area (Å²) in [6.45, 7) is 0. The molecule has 4 aromatic rings. The summed E-state index contributed by atoms with van der Waals surface area (Å²) < 4.78 is 0. The Hall–Kier alpha value is -2.45. The smallest absolute Gasteiger partial charge is 0.150 e. The largest absolute Gasteiger partial charge is 0.298 e. The summed E-state index contributed by atoms with van der Waals surface area (Å²) in [5.41, 5.74) is 0.753. The van der Waals surface area contributed by atoms with Crippen LogP contribution in [-0.2, 0) is 0 Å². The summed E-state index contributed by atoms with van der Waals surface area (Å²) in [5.74, 6) is 0. The molecule has 102 valence electrons. The number of hydrogen-bond acceptors (Lipinski definition) is 2. The van der Waals surface area contributed by atoms with E-state index >= 15 is 0 Å². The number of rotatable bonds is 1. The molecule has 0 saturated carbocycles. The Balaban J connectivity index is 0.000000225. The Bertz CT molecular complexity index is 846. The lowest BCUT2D eigenvalue weighted by Crippen LogP contribution is -1.83. The predicted octanol–water partition coefficient (Wildman–Crippen LogP) is 5.55. The van der Waals surface area contributed by atoms with Crippen LogP contribution in [0.25, 0.3) is 21.5 Å². The van der Waals surface area contributed by atoms with Gasteiger partial charge in [0.2, 0.25) is 0 Å². The second-order valence-electron chi connectivity index (χ2n) is 4.68. The molecule has 0 fully saturated rings. The number of aldehydes is 1. The van der Waals surface area contributed by atoms with Crippen molar-refractivity contribution in [3.8, 4) is 0 Å². The van der Waals surface area contributed by atoms with Crippen LogP contribution in [0.1, 0.15) is 10.4 Å². The van der Waals surface area contributed by atoms with Gasteiger partial charge >= 0.3 is 0 Å². The fraction of sp³-hybridized carbons (Fsp3) is 0. The minimum Gasteiger partial charge on any atom is -0.298 e. The van der Waals surface area contributed by atoms with E-state index in [0.717, 1.165) is 22.6 Å². The van der Waals surface area contributed by atoms with Gasteiger partial charge in [0.1, 0.15) is 0 Å². The summed E-state index contributed by atoms with van der Waals surface area (Å²) in [7, 11) is 0. The Morgan fingerprint density at radius 2 is 1.38 bits per heavy atom. The molecule has 0 radical (unpaired) electrons. The average Bonchev–Trinajstić information content (AvgIpc) is 3.12. The van der Waals surface area contributed by atoms with E-state index in [0.29, 0.717) is 0 Å². The maximum atomic E-state index is 11.0. The van der Waals surface area contributed by atoms with Gasteiger partial charge in [-0.05, 0) is 44.4 Å². The second kappa shape index (κ2) is 6.33. The lowest BCUT2D eigenvalue weighted by molar-refractivity contribution is 0.112. The average molecular weight is 290 g/mol. The molecule has 2 heteroatoms. The van der Waals surface area contributed by atoms with Crippen molar-refractivity contribution >= 4 is 39.2 Å². The molecule has 0 aliphatic carbocycles. The molecular formula is C19H14OS. The maximum Gasteiger partial charge on any atom is 0.150 e. The molecule has 21 heavy (non-hydrogen) atoms. The third-order valence-electron chi connectivity index (χ3n) is 3.33. The Labute approximate surface area is 127 Å². The summed E-state index contributed by atoms with van der Waals surface area (Å²) >= 11 is 1.71. The molecule has 1 nitrogen and oxygen atoms in total. The standard InChI is InChI=1S/C15H10O.C4H4S/c16-10-14-7-3-6-13-8-11-4-1-2-5-12(11)9-15(13)14;1-2-4-5-3-1/h1-10H;1-4H. The van der Waals surface area contributed by atoms with Crippen molar-refractivity contribution in [1.82, 2.24) is 0 Å². The van der Waals surface area contributed by atoms with Gasteiger partial charge in [-0.25, -0.2) is 0 Å². The molecule has 3 aromatic carbocycles. The van der Waals surface area contributed by atoms with Crippen LogP contribution in [-0.4, -0.2) is 6.29 Å². The zero-order chi connectivity index (χ0) is 14.5. The number of fused-ring (bicyclic) bond motifs is 2. The highest BCUT2D eigenvalue weighted by Crippen LogP contribution is 2.24. The highest BCUT2D eigenvalue weighted by molar-refractivity contribution is 7.07. The van der Waals surface area contributed by atoms with Gasteiger partial charge in [-0.2, -0.15) is 11.3 Å². The molecule has 0 atom stereocenters. The van der Waals surface area contributed by atoms with Crippen molar-refractivity contribution in [2.75, 3.05) is 0 Å². The van der Waals surface area contributed by atoms with Gasteiger partial charge in [-0.3, -0.25) is 4.79 Å². The number of carbonyl (C=O) groups is 1. The number of thiophene rings is 1. The Morgan fingerprint density at radius 3 is 2.00 bits per heavy atom. The third-order valence-corrected chi connectivity index (χ3v) is 3.96. The van der Waals surface area contributed by atoms with Crippen molar-refractivity contribution in [3.05, 3.63) is 83.1 Å². The minimum absolute atomic E-state index is 0.753. The van der Waals surface area contributed by atoms with E-state index in [1.807, 2.05) is 53.2 Å². The highest BCUT2D eigenvalue weighted by Gasteiger charge is 2.01. The van der Waals surface area contributed by atoms with E-state index in [1.54, 1.807) is 11.3 Å². The highest BCUT2D eigenvalue weighted by atomic mass is 32.1. The molecule has 1 heterocycles. The van der Waals surface area contributed by atoms with Crippen LogP contribution in [0, 0.1) is 0 Å². The fourth-order valence-electron chi connectivity index (χ4n) is 2.32. The molecule has 0 aliphatic heterocycles. The zero-order valence-corrected chi connectivity index (χ0v) is 12.2. The van der Waals surface area contributed by atoms with Crippen LogP contribution in [0.5, 0.6) is 0 Å². The van der Waals surface area contributed by atoms with Crippen LogP contribution in [0.4, 0.5) is 0 Å². The molecule has 0 amide bonds. The topological polar surface area (TPSA) is 17.1 Å². The van der Waals surface area contributed by atoms with E-state index in [-0.39, 0.29) is 0 Å². The quantitative estimate of drug-likeness (QED) is 0.331. The van der Waals surface area contributed by atoms with E-state index in [1.165, 1.54) is 10.8 Å². The van der Waals surface area contributed by atoms with E-state index in [4.69, 9.17) is 0 Å². The fourth-order valence-corrected chi connectivity index (χ4v) is 2.77. The maximum absolute atomic E-state index is 11.0. The summed E-state index contributed by atoms with van der Waals surface area (Å²) in [5, 5.41) is 8.60. The van der Waals surface area contributed by atoms with Crippen LogP contribution in [0.2, 0.25) is 0 Å². The first-order valence-electron chi connectivity index (χ1n) is 6.72. The molecule has 0 bridgehead atoms. The van der Waals surface area contributed by atoms with Crippen LogP contribution < -0.4 is 0 Å². The van der Waals surface area contributed by atoms with Crippen molar-refractivity contribution in [2.45, 2.75) is 0 Å². The number of hydrogen-bond donors (Lipinski definition) is 0. The van der Waals surface area contributed by atoms with Gasteiger partial charge in [0.15, 0.2) is 6.29 Å². The Morgan fingerprint density at radius 1 is 0.714 bits per heavy atom. The van der Waals surface area contributed by atoms with Gasteiger partial charge < -0.3 is 0 Å². The van der Waals surface area contributed by atoms with Gasteiger partial charge in [-0.15, -0.1) is 0 Å². The van der Waals surface area contributed by atoms with Gasteiger partial charge in [-0.1, -0.05) is 54.6 Å². The Kier molecular flexibility index (Phi) is 4.08. The molecule has 4 rings (SSSR count). The predicted molar refractivity (Wildman–Crippen MR) is 91.2 cm³/mol. The van der Waals surface area contributed by atoms with Crippen molar-refractivity contribution < 1.29 is 4.79 Å². The third kappa shape index (κ3) is 3.01. The van der Waals surface area contributed by atoms with Gasteiger partial charge in [0.05, 0.1) is 0 Å². The lowest BCUT2D eigenvalue weighted by Gasteiger charge is -2.03. The van der Waals surface area contributed by atoms with Crippen LogP contribution in [0.3, 0.4) is 0 Å². The van der Waals surface area contributed by atoms with E-state index in [9.17, 15) is 4.79 Å². The molecule has 0 saturated heterocycles. The van der Waals surface area contributed by atoms with Gasteiger partial charge in [0.25, 0.3) is 0 Å². The van der Waals surface area contributed by atoms with Crippen molar-refractivity contribution in [3.63, 3.8) is 0 Å². The minimum atomic E-state index is 0.753. The first kappa shape index (κ1) is 13.5. The van der Waals surface area contributed by atoms with Gasteiger partial charge in [0, 0.05) is 5.56 Å². The summed E-state index contributed by atoms with van der Waals surface area (Å²) in [6, 6.07) is 22.2. The molecular weight excluding hydrogens is 276 g/mol. The first-order valence-corrected chi connectivity index (χ1v) is 7.66. The second-order valence-corrected chi connectivity index (χ2v) is 5.50. The van der Waals surface area contributed by atoms with Crippen LogP contribution >= 0.6 is 11.3 Å². The van der Waals surface area contributed by atoms with E-state index in [2.05, 4.69) is 24.3 Å². The molecule has 1 aromatic heterocycles. The SMILES string of the molecule is O=Cc1cccc2cc3ccccc3cc12.c1ccsc1. The molecule has 0 unspecified atom stereocenters. The number of benzene rings is 3. The lowest BCUT2D eigenvalue weighted by atomic mass is 10.0. The normalized spacial score (nSPS) is 10.1. The van der Waals surface area contributed by atoms with Crippen molar-refractivity contribution in [2.24, 2.45) is 0 Å². The van der Waals surface area contributed by atoms with E-state index < -0.39 is 0 Å².